The van der Waals surface area contributed by atoms with Crippen LogP contribution < -0.4 is 10.1 Å². The number of piperidine rings is 1. The number of rotatable bonds is 3. The third-order valence-electron chi connectivity index (χ3n) is 5.71. The van der Waals surface area contributed by atoms with Crippen molar-refractivity contribution in [2.24, 2.45) is 0 Å². The van der Waals surface area contributed by atoms with Crippen LogP contribution in [0.25, 0.3) is 0 Å². The molecule has 0 radical (unpaired) electrons. The van der Waals surface area contributed by atoms with Crippen molar-refractivity contribution in [3.63, 3.8) is 0 Å². The van der Waals surface area contributed by atoms with E-state index in [4.69, 9.17) is 16.3 Å². The summed E-state index contributed by atoms with van der Waals surface area (Å²) in [5.74, 6) is 1.49. The number of thioether (sulfide) groups is 1. The largest absolute Gasteiger partial charge is 0.495 e. The van der Waals surface area contributed by atoms with Crippen LogP contribution >= 0.6 is 23.4 Å². The van der Waals surface area contributed by atoms with E-state index in [1.165, 1.54) is 0 Å². The molecule has 2 aliphatic heterocycles. The van der Waals surface area contributed by atoms with Crippen molar-refractivity contribution in [3.8, 4) is 5.75 Å². The quantitative estimate of drug-likeness (QED) is 0.752. The van der Waals surface area contributed by atoms with E-state index in [1.54, 1.807) is 24.1 Å². The van der Waals surface area contributed by atoms with Gasteiger partial charge in [-0.1, -0.05) is 35.9 Å². The van der Waals surface area contributed by atoms with Gasteiger partial charge < -0.3 is 19.9 Å². The number of carbonyl (C=O) groups excluding carboxylic acids is 2. The lowest BCUT2D eigenvalue weighted by Gasteiger charge is -2.44. The Hall–Kier alpha value is -2.38. The van der Waals surface area contributed by atoms with Crippen LogP contribution in [0.2, 0.25) is 5.02 Å². The van der Waals surface area contributed by atoms with Crippen molar-refractivity contribution in [2.75, 3.05) is 37.8 Å². The van der Waals surface area contributed by atoms with Crippen molar-refractivity contribution in [3.05, 3.63) is 59.1 Å². The average molecular weight is 446 g/mol. The van der Waals surface area contributed by atoms with E-state index in [0.29, 0.717) is 41.7 Å². The summed E-state index contributed by atoms with van der Waals surface area (Å²) in [5.41, 5.74) is 1.19. The lowest BCUT2D eigenvalue weighted by Crippen LogP contribution is -2.54. The zero-order chi connectivity index (χ0) is 21.1. The molecular formula is C22H24ClN3O3S. The molecule has 0 saturated carbocycles. The van der Waals surface area contributed by atoms with Crippen LogP contribution in [-0.2, 0) is 0 Å². The fourth-order valence-electron chi connectivity index (χ4n) is 4.09. The maximum Gasteiger partial charge on any atom is 0.321 e. The minimum atomic E-state index is -0.280. The van der Waals surface area contributed by atoms with Crippen molar-refractivity contribution >= 4 is 41.0 Å². The highest BCUT2D eigenvalue weighted by Crippen LogP contribution is 2.45. The zero-order valence-electron chi connectivity index (χ0n) is 16.8. The number of nitrogens with zero attached hydrogens (tertiary/aromatic N) is 2. The Morgan fingerprint density at radius 3 is 2.50 bits per heavy atom. The second kappa shape index (κ2) is 8.78. The first-order valence-corrected chi connectivity index (χ1v) is 11.3. The minimum absolute atomic E-state index is 0.0301. The fraction of sp³-hybridized carbons (Fsp3) is 0.364. The SMILES string of the molecule is COc1ccccc1NC(=O)N1CCC2(CC1)SCCN2C(=O)c1ccccc1Cl. The fourth-order valence-corrected chi connectivity index (χ4v) is 5.76. The topological polar surface area (TPSA) is 61.9 Å². The van der Waals surface area contributed by atoms with Crippen LogP contribution in [0.1, 0.15) is 23.2 Å². The smallest absolute Gasteiger partial charge is 0.321 e. The molecule has 1 spiro atoms. The molecule has 2 aliphatic rings. The highest BCUT2D eigenvalue weighted by atomic mass is 35.5. The van der Waals surface area contributed by atoms with Gasteiger partial charge in [-0.2, -0.15) is 0 Å². The number of urea groups is 1. The minimum Gasteiger partial charge on any atom is -0.495 e. The predicted octanol–water partition coefficient (Wildman–Crippen LogP) is 4.56. The lowest BCUT2D eigenvalue weighted by molar-refractivity contribution is 0.0586. The van der Waals surface area contributed by atoms with Gasteiger partial charge in [0, 0.05) is 25.4 Å². The molecule has 2 aromatic carbocycles. The number of amides is 3. The first-order valence-electron chi connectivity index (χ1n) is 9.93. The number of carbonyl (C=O) groups is 2. The third kappa shape index (κ3) is 3.96. The molecular weight excluding hydrogens is 422 g/mol. The number of hydrogen-bond acceptors (Lipinski definition) is 4. The normalized spacial score (nSPS) is 17.8. The Morgan fingerprint density at radius 1 is 1.07 bits per heavy atom. The van der Waals surface area contributed by atoms with E-state index in [-0.39, 0.29) is 16.8 Å². The first kappa shape index (κ1) is 20.9. The number of methoxy groups -OCH3 is 1. The molecule has 30 heavy (non-hydrogen) atoms. The van der Waals surface area contributed by atoms with Crippen LogP contribution in [0, 0.1) is 0 Å². The Morgan fingerprint density at radius 2 is 1.77 bits per heavy atom. The molecule has 158 valence electrons. The van der Waals surface area contributed by atoms with Crippen molar-refractivity contribution < 1.29 is 14.3 Å². The van der Waals surface area contributed by atoms with Crippen molar-refractivity contribution in [2.45, 2.75) is 17.7 Å². The molecule has 0 bridgehead atoms. The number of anilines is 1. The van der Waals surface area contributed by atoms with Gasteiger partial charge >= 0.3 is 6.03 Å². The molecule has 0 unspecified atom stereocenters. The Bertz CT molecular complexity index is 947. The van der Waals surface area contributed by atoms with Crippen LogP contribution in [0.3, 0.4) is 0 Å². The molecule has 8 heteroatoms. The van der Waals surface area contributed by atoms with Crippen molar-refractivity contribution in [1.82, 2.24) is 9.80 Å². The summed E-state index contributed by atoms with van der Waals surface area (Å²) in [6.45, 7) is 1.86. The van der Waals surface area contributed by atoms with Crippen molar-refractivity contribution in [1.29, 1.82) is 0 Å². The molecule has 2 aromatic rings. The Kier molecular flexibility index (Phi) is 6.11. The average Bonchev–Trinajstić information content (AvgIpc) is 3.17. The Labute approximate surface area is 185 Å². The van der Waals surface area contributed by atoms with Gasteiger partial charge in [0.15, 0.2) is 0 Å². The molecule has 4 rings (SSSR count). The number of benzene rings is 2. The third-order valence-corrected chi connectivity index (χ3v) is 7.59. The standard InChI is InChI=1S/C22H24ClN3O3S/c1-29-19-9-5-4-8-18(19)24-21(28)25-12-10-22(11-13-25)26(14-15-30-22)20(27)16-6-2-3-7-17(16)23/h2-9H,10-15H2,1H3,(H,24,28). The van der Waals surface area contributed by atoms with Gasteiger partial charge in [0.25, 0.3) is 5.91 Å². The molecule has 6 nitrogen and oxygen atoms in total. The maximum atomic E-state index is 13.2. The van der Waals surface area contributed by atoms with Crippen LogP contribution in [0.15, 0.2) is 48.5 Å². The molecule has 1 N–H and O–H groups in total. The van der Waals surface area contributed by atoms with E-state index in [9.17, 15) is 9.59 Å². The van der Waals surface area contributed by atoms with Gasteiger partial charge in [-0.3, -0.25) is 4.79 Å². The second-order valence-corrected chi connectivity index (χ2v) is 9.21. The second-order valence-electron chi connectivity index (χ2n) is 7.35. The number of likely N-dealkylation sites (tertiary alicyclic amines) is 1. The highest BCUT2D eigenvalue weighted by Gasteiger charge is 2.47. The van der Waals surface area contributed by atoms with E-state index in [2.05, 4.69) is 5.32 Å². The predicted molar refractivity (Wildman–Crippen MR) is 120 cm³/mol. The van der Waals surface area contributed by atoms with Gasteiger partial charge in [0.2, 0.25) is 0 Å². The summed E-state index contributed by atoms with van der Waals surface area (Å²) in [7, 11) is 1.58. The summed E-state index contributed by atoms with van der Waals surface area (Å²) >= 11 is 8.08. The molecule has 2 saturated heterocycles. The molecule has 0 atom stereocenters. The maximum absolute atomic E-state index is 13.2. The number of ether oxygens (including phenoxy) is 1. The van der Waals surface area contributed by atoms with Crippen LogP contribution in [0.4, 0.5) is 10.5 Å². The van der Waals surface area contributed by atoms with E-state index >= 15 is 0 Å². The summed E-state index contributed by atoms with van der Waals surface area (Å²) in [6.07, 6.45) is 1.46. The highest BCUT2D eigenvalue weighted by molar-refractivity contribution is 8.00. The molecule has 0 aliphatic carbocycles. The van der Waals surface area contributed by atoms with E-state index in [0.717, 1.165) is 18.6 Å². The van der Waals surface area contributed by atoms with Gasteiger partial charge in [0.05, 0.1) is 28.3 Å². The zero-order valence-corrected chi connectivity index (χ0v) is 18.3. The van der Waals surface area contributed by atoms with Gasteiger partial charge in [0.1, 0.15) is 5.75 Å². The van der Waals surface area contributed by atoms with E-state index < -0.39 is 0 Å². The van der Waals surface area contributed by atoms with Crippen LogP contribution in [0.5, 0.6) is 5.75 Å². The number of para-hydroxylation sites is 2. The van der Waals surface area contributed by atoms with Crippen LogP contribution in [-0.4, -0.2) is 59.1 Å². The molecule has 2 fully saturated rings. The first-order chi connectivity index (χ1) is 14.5. The molecule has 0 aromatic heterocycles. The summed E-state index contributed by atoms with van der Waals surface area (Å²) in [6, 6.07) is 14.4. The lowest BCUT2D eigenvalue weighted by atomic mass is 10.0. The van der Waals surface area contributed by atoms with E-state index in [1.807, 2.05) is 53.1 Å². The molecule has 3 amide bonds. The van der Waals surface area contributed by atoms with Gasteiger partial charge in [-0.05, 0) is 37.1 Å². The number of halogens is 1. The summed E-state index contributed by atoms with van der Waals surface area (Å²) < 4.78 is 5.31. The monoisotopic (exact) mass is 445 g/mol. The summed E-state index contributed by atoms with van der Waals surface area (Å²) in [5, 5.41) is 3.41. The number of hydrogen-bond donors (Lipinski definition) is 1. The van der Waals surface area contributed by atoms with Gasteiger partial charge in [-0.15, -0.1) is 11.8 Å². The molecule has 2 heterocycles. The van der Waals surface area contributed by atoms with Gasteiger partial charge in [-0.25, -0.2) is 4.79 Å². The summed E-state index contributed by atoms with van der Waals surface area (Å²) in [4.78, 5) is 29.4. The Balaban J connectivity index is 1.43. The number of nitrogens with one attached hydrogen (secondary N) is 1.